The van der Waals surface area contributed by atoms with Gasteiger partial charge in [-0.15, -0.1) is 22.7 Å². The van der Waals surface area contributed by atoms with Crippen LogP contribution in [-0.4, -0.2) is 0 Å². The summed E-state index contributed by atoms with van der Waals surface area (Å²) in [6.45, 7) is 4.43. The van der Waals surface area contributed by atoms with Crippen LogP contribution in [0.1, 0.15) is 22.3 Å². The second kappa shape index (κ2) is 5.69. The van der Waals surface area contributed by atoms with Crippen LogP contribution in [0.2, 0.25) is 0 Å². The molecule has 2 aromatic heterocycles. The third-order valence-corrected chi connectivity index (χ3v) is 7.08. The Kier molecular flexibility index (Phi) is 3.44. The summed E-state index contributed by atoms with van der Waals surface area (Å²) in [5.74, 6) is 0. The molecule has 0 aliphatic heterocycles. The summed E-state index contributed by atoms with van der Waals surface area (Å²) in [6, 6.07) is 17.8. The highest BCUT2D eigenvalue weighted by Crippen LogP contribution is 2.49. The molecule has 1 aliphatic carbocycles. The summed E-state index contributed by atoms with van der Waals surface area (Å²) in [5.41, 5.74) is 10.9. The van der Waals surface area contributed by atoms with Crippen molar-refractivity contribution in [3.8, 4) is 32.0 Å². The van der Waals surface area contributed by atoms with Gasteiger partial charge in [-0.1, -0.05) is 36.4 Å². The summed E-state index contributed by atoms with van der Waals surface area (Å²) in [5, 5.41) is 4.40. The van der Waals surface area contributed by atoms with E-state index in [0.29, 0.717) is 0 Å². The molecule has 121 valence electrons. The Labute approximate surface area is 156 Å². The van der Waals surface area contributed by atoms with Crippen molar-refractivity contribution in [1.29, 1.82) is 0 Å². The first-order valence-electron chi connectivity index (χ1n) is 8.44. The molecule has 2 heteroatoms. The minimum atomic E-state index is 1.33. The van der Waals surface area contributed by atoms with Crippen LogP contribution < -0.4 is 0 Å². The zero-order valence-electron chi connectivity index (χ0n) is 14.2. The fraction of sp³-hybridized carbons (Fsp3) is 0.0870. The van der Waals surface area contributed by atoms with E-state index in [1.165, 1.54) is 54.3 Å². The zero-order valence-corrected chi connectivity index (χ0v) is 15.8. The molecule has 0 unspecified atom stereocenters. The maximum atomic E-state index is 2.37. The van der Waals surface area contributed by atoms with Crippen LogP contribution in [0.15, 0.2) is 59.3 Å². The Balaban J connectivity index is 1.85. The molecular weight excluding hydrogens is 340 g/mol. The number of thiophene rings is 2. The lowest BCUT2D eigenvalue weighted by Crippen LogP contribution is -1.91. The molecule has 25 heavy (non-hydrogen) atoms. The molecule has 5 rings (SSSR count). The molecule has 4 aromatic rings. The highest BCUT2D eigenvalue weighted by molar-refractivity contribution is 7.15. The van der Waals surface area contributed by atoms with Crippen molar-refractivity contribution in [2.45, 2.75) is 13.8 Å². The molecule has 0 saturated heterocycles. The lowest BCUT2D eigenvalue weighted by molar-refractivity contribution is 1.48. The average Bonchev–Trinajstić information content (AvgIpc) is 3.32. The first kappa shape index (κ1) is 15.1. The molecular formula is C23H17S2. The van der Waals surface area contributed by atoms with Crippen molar-refractivity contribution in [1.82, 2.24) is 0 Å². The lowest BCUT2D eigenvalue weighted by atomic mass is 9.92. The van der Waals surface area contributed by atoms with Gasteiger partial charge in [0.05, 0.1) is 0 Å². The molecule has 2 aromatic carbocycles. The third kappa shape index (κ3) is 2.25. The van der Waals surface area contributed by atoms with Crippen LogP contribution in [0.25, 0.3) is 32.0 Å². The van der Waals surface area contributed by atoms with E-state index < -0.39 is 0 Å². The third-order valence-electron chi connectivity index (χ3n) is 4.99. The maximum absolute atomic E-state index is 2.37. The zero-order chi connectivity index (χ0) is 17.0. The van der Waals surface area contributed by atoms with E-state index in [0.717, 1.165) is 0 Å². The van der Waals surface area contributed by atoms with Gasteiger partial charge in [-0.2, -0.15) is 0 Å². The minimum absolute atomic E-state index is 1.33. The molecule has 1 radical (unpaired) electrons. The first-order chi connectivity index (χ1) is 12.2. The van der Waals surface area contributed by atoms with Crippen molar-refractivity contribution in [3.63, 3.8) is 0 Å². The van der Waals surface area contributed by atoms with Gasteiger partial charge < -0.3 is 0 Å². The van der Waals surface area contributed by atoms with Gasteiger partial charge in [-0.05, 0) is 70.1 Å². The largest absolute Gasteiger partial charge is 0.144 e. The fourth-order valence-corrected chi connectivity index (χ4v) is 5.70. The Morgan fingerprint density at radius 1 is 0.640 bits per heavy atom. The SMILES string of the molecule is Cc1ccsc1-c1ccc2c(c1-c1sccc1C)[CH]c1ccccc1-2. The molecule has 0 amide bonds. The summed E-state index contributed by atoms with van der Waals surface area (Å²) in [7, 11) is 0. The molecule has 0 N–H and O–H groups in total. The summed E-state index contributed by atoms with van der Waals surface area (Å²) in [6.07, 6.45) is 2.37. The number of hydrogen-bond acceptors (Lipinski definition) is 2. The van der Waals surface area contributed by atoms with Crippen molar-refractivity contribution < 1.29 is 0 Å². The van der Waals surface area contributed by atoms with Crippen molar-refractivity contribution in [2.24, 2.45) is 0 Å². The van der Waals surface area contributed by atoms with Gasteiger partial charge in [-0.3, -0.25) is 0 Å². The normalized spacial score (nSPS) is 12.2. The molecule has 0 nitrogen and oxygen atoms in total. The number of rotatable bonds is 2. The van der Waals surface area contributed by atoms with Crippen LogP contribution in [0.5, 0.6) is 0 Å². The van der Waals surface area contributed by atoms with Gasteiger partial charge in [0.15, 0.2) is 0 Å². The van der Waals surface area contributed by atoms with Gasteiger partial charge in [0.25, 0.3) is 0 Å². The highest BCUT2D eigenvalue weighted by Gasteiger charge is 2.26. The van der Waals surface area contributed by atoms with Crippen molar-refractivity contribution in [2.75, 3.05) is 0 Å². The molecule has 1 aliphatic rings. The van der Waals surface area contributed by atoms with Crippen LogP contribution in [0.3, 0.4) is 0 Å². The summed E-state index contributed by atoms with van der Waals surface area (Å²) in [4.78, 5) is 2.78. The molecule has 0 atom stereocenters. The van der Waals surface area contributed by atoms with Crippen LogP contribution in [0, 0.1) is 20.3 Å². The molecule has 2 heterocycles. The standard InChI is InChI=1S/C23H17S2/c1-14-9-11-24-22(14)19-8-7-18-17-6-4-3-5-16(17)13-20(18)21(19)23-15(2)10-12-25-23/h3-13H,1-2H3. The van der Waals surface area contributed by atoms with Gasteiger partial charge >= 0.3 is 0 Å². The number of aryl methyl sites for hydroxylation is 2. The predicted octanol–water partition coefficient (Wildman–Crippen LogP) is 7.34. The van der Waals surface area contributed by atoms with E-state index in [-0.39, 0.29) is 0 Å². The van der Waals surface area contributed by atoms with Crippen LogP contribution in [-0.2, 0) is 0 Å². The molecule has 0 saturated carbocycles. The number of fused-ring (bicyclic) bond motifs is 3. The van der Waals surface area contributed by atoms with E-state index in [1.807, 2.05) is 22.7 Å². The predicted molar refractivity (Wildman–Crippen MR) is 110 cm³/mol. The van der Waals surface area contributed by atoms with Gasteiger partial charge in [0.1, 0.15) is 0 Å². The smallest absolute Gasteiger partial charge is 0.0381 e. The summed E-state index contributed by atoms with van der Waals surface area (Å²) < 4.78 is 0. The van der Waals surface area contributed by atoms with Crippen LogP contribution in [0.4, 0.5) is 0 Å². The Hall–Kier alpha value is -2.16. The Morgan fingerprint density at radius 2 is 1.32 bits per heavy atom. The average molecular weight is 358 g/mol. The van der Waals surface area contributed by atoms with Crippen LogP contribution >= 0.6 is 22.7 Å². The highest BCUT2D eigenvalue weighted by atomic mass is 32.1. The lowest BCUT2D eigenvalue weighted by Gasteiger charge is -2.15. The van der Waals surface area contributed by atoms with Crippen molar-refractivity contribution in [3.05, 3.63) is 88.0 Å². The van der Waals surface area contributed by atoms with Gasteiger partial charge in [0.2, 0.25) is 0 Å². The quantitative estimate of drug-likeness (QED) is 0.310. The van der Waals surface area contributed by atoms with E-state index in [1.54, 1.807) is 0 Å². The van der Waals surface area contributed by atoms with Gasteiger partial charge in [-0.25, -0.2) is 0 Å². The van der Waals surface area contributed by atoms with E-state index >= 15 is 0 Å². The second-order valence-corrected chi connectivity index (χ2v) is 8.38. The number of benzene rings is 2. The van der Waals surface area contributed by atoms with E-state index in [2.05, 4.69) is 79.6 Å². The summed E-state index contributed by atoms with van der Waals surface area (Å²) >= 11 is 3.69. The number of hydrogen-bond donors (Lipinski definition) is 0. The monoisotopic (exact) mass is 357 g/mol. The minimum Gasteiger partial charge on any atom is -0.144 e. The van der Waals surface area contributed by atoms with Crippen molar-refractivity contribution >= 4 is 22.7 Å². The van der Waals surface area contributed by atoms with E-state index in [9.17, 15) is 0 Å². The first-order valence-corrected chi connectivity index (χ1v) is 10.2. The Bertz CT molecular complexity index is 1090. The fourth-order valence-electron chi connectivity index (χ4n) is 3.74. The maximum Gasteiger partial charge on any atom is 0.0381 e. The van der Waals surface area contributed by atoms with E-state index in [4.69, 9.17) is 0 Å². The second-order valence-electron chi connectivity index (χ2n) is 6.55. The molecule has 0 bridgehead atoms. The van der Waals surface area contributed by atoms with Gasteiger partial charge in [0, 0.05) is 27.3 Å². The topological polar surface area (TPSA) is 0 Å². The molecule has 0 fully saturated rings. The Morgan fingerprint density at radius 3 is 2.04 bits per heavy atom. The molecule has 0 spiro atoms.